The van der Waals surface area contributed by atoms with Crippen molar-refractivity contribution in [2.24, 2.45) is 0 Å². The third-order valence-electron chi connectivity index (χ3n) is 7.80. The van der Waals surface area contributed by atoms with E-state index in [0.29, 0.717) is 65.6 Å². The first kappa shape index (κ1) is 31.1. The van der Waals surface area contributed by atoms with Crippen molar-refractivity contribution in [2.45, 2.75) is 26.6 Å². The van der Waals surface area contributed by atoms with Gasteiger partial charge in [-0.15, -0.1) is 0 Å². The molecular weight excluding hydrogens is 680 g/mol. The lowest BCUT2D eigenvalue weighted by Gasteiger charge is -2.29. The average molecular weight is 706 g/mol. The van der Waals surface area contributed by atoms with Crippen molar-refractivity contribution in [3.05, 3.63) is 86.7 Å². The van der Waals surface area contributed by atoms with Crippen LogP contribution in [-0.2, 0) is 11.3 Å². The van der Waals surface area contributed by atoms with E-state index in [2.05, 4.69) is 26.3 Å². The van der Waals surface area contributed by atoms with Gasteiger partial charge in [0.1, 0.15) is 16.9 Å². The minimum absolute atomic E-state index is 0.0558. The molecule has 0 aliphatic carbocycles. The largest absolute Gasteiger partial charge is 0.491 e. The van der Waals surface area contributed by atoms with Gasteiger partial charge in [0.25, 0.3) is 0 Å². The summed E-state index contributed by atoms with van der Waals surface area (Å²) < 4.78 is 64.3. The first-order chi connectivity index (χ1) is 21.4. The number of aromatic nitrogens is 4. The normalized spacial score (nSPS) is 13.9. The van der Waals surface area contributed by atoms with E-state index in [1.54, 1.807) is 41.4 Å². The fourth-order valence-corrected chi connectivity index (χ4v) is 5.97. The molecule has 1 aliphatic rings. The second-order valence-corrected chi connectivity index (χ2v) is 11.9. The highest BCUT2D eigenvalue weighted by Crippen LogP contribution is 2.44. The van der Waals surface area contributed by atoms with Crippen LogP contribution in [0, 0.1) is 19.7 Å². The summed E-state index contributed by atoms with van der Waals surface area (Å²) in [5.74, 6) is -2.75. The number of halogens is 6. The van der Waals surface area contributed by atoms with E-state index in [4.69, 9.17) is 21.3 Å². The zero-order valence-electron chi connectivity index (χ0n) is 24.1. The fraction of sp³-hybridized carbons (Fsp3) is 0.258. The second-order valence-electron chi connectivity index (χ2n) is 10.6. The van der Waals surface area contributed by atoms with Gasteiger partial charge < -0.3 is 19.5 Å². The van der Waals surface area contributed by atoms with Crippen LogP contribution in [0.2, 0.25) is 5.02 Å². The number of hydrogen-bond donors (Lipinski definition) is 1. The van der Waals surface area contributed by atoms with Crippen molar-refractivity contribution in [3.63, 3.8) is 0 Å². The summed E-state index contributed by atoms with van der Waals surface area (Å²) in [6.45, 7) is 5.85. The van der Waals surface area contributed by atoms with Crippen molar-refractivity contribution in [1.82, 2.24) is 24.6 Å². The molecule has 1 N–H and O–H groups in total. The lowest BCUT2D eigenvalue weighted by molar-refractivity contribution is -0.189. The van der Waals surface area contributed by atoms with Gasteiger partial charge in [-0.1, -0.05) is 33.6 Å². The Labute approximate surface area is 268 Å². The van der Waals surface area contributed by atoms with Gasteiger partial charge in [-0.25, -0.2) is 18.9 Å². The van der Waals surface area contributed by atoms with E-state index in [-0.39, 0.29) is 22.8 Å². The van der Waals surface area contributed by atoms with Gasteiger partial charge in [-0.2, -0.15) is 18.3 Å². The third kappa shape index (κ3) is 5.91. The van der Waals surface area contributed by atoms with E-state index in [0.717, 1.165) is 10.2 Å². The number of anilines is 1. The Morgan fingerprint density at radius 2 is 1.78 bits per heavy atom. The lowest BCUT2D eigenvalue weighted by Crippen LogP contribution is -2.44. The molecule has 5 aromatic rings. The standard InChI is InChI=1S/C31H26BrClF4N6O2/c1-17-18(2)28(45-29(44)31(35,36)37)27-26(25(17)24-9-10-39-43(24)21-6-4-20(32)5-7-21)40-30(41-13-11-38-12-14-41)42(27)16-19-3-8-23(34)22(33)15-19/h3-10,15,38H,11-14,16H2,1-2H3. The Bertz CT molecular complexity index is 1920. The molecule has 0 radical (unpaired) electrons. The third-order valence-corrected chi connectivity index (χ3v) is 8.62. The highest BCUT2D eigenvalue weighted by molar-refractivity contribution is 9.10. The molecule has 3 aromatic carbocycles. The van der Waals surface area contributed by atoms with Crippen molar-refractivity contribution in [1.29, 1.82) is 0 Å². The first-order valence-corrected chi connectivity index (χ1v) is 15.1. The highest BCUT2D eigenvalue weighted by atomic mass is 79.9. The average Bonchev–Trinajstić information content (AvgIpc) is 3.63. The quantitative estimate of drug-likeness (QED) is 0.117. The molecule has 45 heavy (non-hydrogen) atoms. The molecule has 1 aliphatic heterocycles. The van der Waals surface area contributed by atoms with Crippen molar-refractivity contribution in [2.75, 3.05) is 31.1 Å². The van der Waals surface area contributed by atoms with E-state index in [9.17, 15) is 22.4 Å². The Kier molecular flexibility index (Phi) is 8.35. The number of imidazole rings is 1. The number of carbonyl (C=O) groups is 1. The van der Waals surface area contributed by atoms with Gasteiger partial charge in [-0.05, 0) is 73.0 Å². The van der Waals surface area contributed by atoms with Crippen LogP contribution in [0.3, 0.4) is 0 Å². The highest BCUT2D eigenvalue weighted by Gasteiger charge is 2.42. The summed E-state index contributed by atoms with van der Waals surface area (Å²) in [5.41, 5.74) is 3.96. The number of benzene rings is 3. The first-order valence-electron chi connectivity index (χ1n) is 14.0. The smallest absolute Gasteiger partial charge is 0.417 e. The molecule has 2 aromatic heterocycles. The molecule has 234 valence electrons. The van der Waals surface area contributed by atoms with E-state index < -0.39 is 18.0 Å². The molecule has 1 saturated heterocycles. The van der Waals surface area contributed by atoms with Crippen LogP contribution in [0.1, 0.15) is 16.7 Å². The van der Waals surface area contributed by atoms with Crippen LogP contribution in [0.15, 0.2) is 59.2 Å². The number of rotatable bonds is 6. The second kappa shape index (κ2) is 12.1. The number of nitrogens with one attached hydrogen (secondary N) is 1. The van der Waals surface area contributed by atoms with Gasteiger partial charge in [-0.3, -0.25) is 0 Å². The zero-order chi connectivity index (χ0) is 32.0. The molecule has 14 heteroatoms. The molecule has 0 unspecified atom stereocenters. The molecule has 0 bridgehead atoms. The summed E-state index contributed by atoms with van der Waals surface area (Å²) in [6, 6.07) is 13.5. The lowest BCUT2D eigenvalue weighted by atomic mass is 9.97. The zero-order valence-corrected chi connectivity index (χ0v) is 26.4. The van der Waals surface area contributed by atoms with Crippen LogP contribution in [-0.4, -0.2) is 57.7 Å². The fourth-order valence-electron chi connectivity index (χ4n) is 5.50. The Morgan fingerprint density at radius 1 is 1.07 bits per heavy atom. The summed E-state index contributed by atoms with van der Waals surface area (Å²) >= 11 is 9.56. The van der Waals surface area contributed by atoms with Crippen LogP contribution in [0.5, 0.6) is 5.75 Å². The van der Waals surface area contributed by atoms with Gasteiger partial charge in [0, 0.05) is 36.2 Å². The minimum Gasteiger partial charge on any atom is -0.417 e. The topological polar surface area (TPSA) is 77.2 Å². The van der Waals surface area contributed by atoms with Gasteiger partial charge >= 0.3 is 12.1 Å². The number of ether oxygens (including phenoxy) is 1. The van der Waals surface area contributed by atoms with Crippen LogP contribution >= 0.6 is 27.5 Å². The van der Waals surface area contributed by atoms with Crippen LogP contribution < -0.4 is 15.0 Å². The summed E-state index contributed by atoms with van der Waals surface area (Å²) in [7, 11) is 0. The molecule has 0 atom stereocenters. The Hall–Kier alpha value is -3.94. The van der Waals surface area contributed by atoms with Crippen LogP contribution in [0.4, 0.5) is 23.5 Å². The molecule has 1 fully saturated rings. The maximum atomic E-state index is 14.1. The van der Waals surface area contributed by atoms with Crippen molar-refractivity contribution >= 4 is 50.5 Å². The van der Waals surface area contributed by atoms with Crippen molar-refractivity contribution < 1.29 is 27.1 Å². The number of alkyl halides is 3. The SMILES string of the molecule is Cc1c(C)c(OC(=O)C(F)(F)F)c2c(nc(N3CCNCC3)n2Cc2ccc(F)c(Cl)c2)c1-c1ccnn1-c1ccc(Br)cc1. The number of nitrogens with zero attached hydrogens (tertiary/aromatic N) is 5. The monoisotopic (exact) mass is 704 g/mol. The molecular formula is C31H26BrClF4N6O2. The number of carbonyl (C=O) groups excluding carboxylic acids is 1. The van der Waals surface area contributed by atoms with Gasteiger partial charge in [0.15, 0.2) is 5.75 Å². The molecule has 0 spiro atoms. The Morgan fingerprint density at radius 3 is 2.44 bits per heavy atom. The Balaban J connectivity index is 1.67. The number of hydrogen-bond acceptors (Lipinski definition) is 6. The van der Waals surface area contributed by atoms with E-state index in [1.165, 1.54) is 12.1 Å². The molecule has 3 heterocycles. The summed E-state index contributed by atoms with van der Waals surface area (Å²) in [4.78, 5) is 19.4. The molecule has 8 nitrogen and oxygen atoms in total. The van der Waals surface area contributed by atoms with Crippen molar-refractivity contribution in [3.8, 4) is 22.7 Å². The number of piperazine rings is 1. The van der Waals surface area contributed by atoms with E-state index in [1.807, 2.05) is 29.2 Å². The maximum absolute atomic E-state index is 14.1. The number of fused-ring (bicyclic) bond motifs is 1. The van der Waals surface area contributed by atoms with Gasteiger partial charge in [0.05, 0.1) is 29.1 Å². The minimum atomic E-state index is -5.23. The molecule has 0 saturated carbocycles. The van der Waals surface area contributed by atoms with E-state index >= 15 is 0 Å². The predicted molar refractivity (Wildman–Crippen MR) is 167 cm³/mol. The van der Waals surface area contributed by atoms with Crippen LogP contribution in [0.25, 0.3) is 28.0 Å². The molecule has 0 amide bonds. The predicted octanol–water partition coefficient (Wildman–Crippen LogP) is 6.99. The molecule has 6 rings (SSSR count). The summed E-state index contributed by atoms with van der Waals surface area (Å²) in [6.07, 6.45) is -3.60. The maximum Gasteiger partial charge on any atom is 0.491 e. The van der Waals surface area contributed by atoms with Gasteiger partial charge in [0.2, 0.25) is 5.95 Å². The summed E-state index contributed by atoms with van der Waals surface area (Å²) in [5, 5.41) is 7.73. The number of esters is 1.